The average molecular weight is 230 g/mol. The maximum Gasteiger partial charge on any atom is 0.128 e. The Labute approximate surface area is 97.7 Å². The predicted octanol–water partition coefficient (Wildman–Crippen LogP) is 2.67. The van der Waals surface area contributed by atoms with Gasteiger partial charge in [-0.25, -0.2) is 4.98 Å². The highest BCUT2D eigenvalue weighted by Crippen LogP contribution is 2.20. The lowest BCUT2D eigenvalue weighted by molar-refractivity contribution is 0.581. The number of nitrogens with two attached hydrogens (primary N) is 2. The van der Waals surface area contributed by atoms with Crippen molar-refractivity contribution in [2.24, 2.45) is 5.73 Å². The van der Waals surface area contributed by atoms with Crippen LogP contribution in [0.25, 0.3) is 0 Å². The van der Waals surface area contributed by atoms with E-state index in [1.54, 1.807) is 6.20 Å². The summed E-state index contributed by atoms with van der Waals surface area (Å²) in [5, 5.41) is 0. The van der Waals surface area contributed by atoms with Crippen LogP contribution in [0.15, 0.2) is 18.3 Å². The molecule has 1 heterocycles. The smallest absolute Gasteiger partial charge is 0.128 e. The van der Waals surface area contributed by atoms with Gasteiger partial charge in [0, 0.05) is 17.8 Å². The van der Waals surface area contributed by atoms with Crippen molar-refractivity contribution in [1.29, 1.82) is 0 Å². The maximum atomic E-state index is 6.02. The topological polar surface area (TPSA) is 64.9 Å². The first-order valence-corrected chi connectivity index (χ1v) is 5.21. The Bertz CT molecular complexity index is 278. The van der Waals surface area contributed by atoms with E-state index < -0.39 is 0 Å². The van der Waals surface area contributed by atoms with Gasteiger partial charge in [0.25, 0.3) is 0 Å². The number of anilines is 1. The van der Waals surface area contributed by atoms with Gasteiger partial charge in [-0.2, -0.15) is 0 Å². The first-order valence-electron chi connectivity index (χ1n) is 5.21. The van der Waals surface area contributed by atoms with E-state index in [0.29, 0.717) is 5.82 Å². The number of aromatic nitrogens is 1. The Hall–Kier alpha value is -0.800. The molecular formula is C11H20ClN3. The average Bonchev–Trinajstić information content (AvgIpc) is 2.18. The summed E-state index contributed by atoms with van der Waals surface area (Å²) in [5.41, 5.74) is 12.7. The van der Waals surface area contributed by atoms with E-state index in [0.717, 1.165) is 18.4 Å². The van der Waals surface area contributed by atoms with Gasteiger partial charge < -0.3 is 11.5 Å². The highest BCUT2D eigenvalue weighted by atomic mass is 35.5. The van der Waals surface area contributed by atoms with Crippen molar-refractivity contribution in [2.45, 2.75) is 38.6 Å². The quantitative estimate of drug-likeness (QED) is 0.763. The van der Waals surface area contributed by atoms with Crippen LogP contribution in [0.1, 0.15) is 44.2 Å². The molecule has 0 saturated heterocycles. The van der Waals surface area contributed by atoms with Gasteiger partial charge in [0.05, 0.1) is 0 Å². The van der Waals surface area contributed by atoms with Crippen LogP contribution in [0.3, 0.4) is 0 Å². The molecule has 0 spiro atoms. The Morgan fingerprint density at radius 3 is 2.73 bits per heavy atom. The molecule has 0 fully saturated rings. The van der Waals surface area contributed by atoms with Crippen molar-refractivity contribution in [2.75, 3.05) is 5.73 Å². The lowest BCUT2D eigenvalue weighted by Gasteiger charge is -2.12. The van der Waals surface area contributed by atoms with Gasteiger partial charge in [0.1, 0.15) is 5.82 Å². The second-order valence-corrected chi connectivity index (χ2v) is 3.58. The summed E-state index contributed by atoms with van der Waals surface area (Å²) in [4.78, 5) is 4.03. The molecule has 0 amide bonds. The van der Waals surface area contributed by atoms with Crippen LogP contribution < -0.4 is 11.5 Å². The van der Waals surface area contributed by atoms with Gasteiger partial charge in [-0.15, -0.1) is 12.4 Å². The van der Waals surface area contributed by atoms with Crippen molar-refractivity contribution in [3.05, 3.63) is 23.9 Å². The van der Waals surface area contributed by atoms with Crippen LogP contribution >= 0.6 is 12.4 Å². The fraction of sp³-hybridized carbons (Fsp3) is 0.545. The van der Waals surface area contributed by atoms with Crippen molar-refractivity contribution < 1.29 is 0 Å². The summed E-state index contributed by atoms with van der Waals surface area (Å²) in [5.74, 6) is 0.566. The van der Waals surface area contributed by atoms with Gasteiger partial charge in [-0.3, -0.25) is 0 Å². The Morgan fingerprint density at radius 2 is 2.13 bits per heavy atom. The minimum absolute atomic E-state index is 0. The number of rotatable bonds is 5. The SMILES string of the molecule is CCCCC[C@@H](N)c1cccnc1N.Cl. The van der Waals surface area contributed by atoms with E-state index in [2.05, 4.69) is 11.9 Å². The molecule has 15 heavy (non-hydrogen) atoms. The highest BCUT2D eigenvalue weighted by Gasteiger charge is 2.08. The first kappa shape index (κ1) is 14.2. The molecule has 0 radical (unpaired) electrons. The standard InChI is InChI=1S/C11H19N3.ClH/c1-2-3-4-7-10(12)9-6-5-8-14-11(9)13;/h5-6,8,10H,2-4,7,12H2,1H3,(H2,13,14);1H/t10-;/m1./s1. The Morgan fingerprint density at radius 1 is 1.40 bits per heavy atom. The van der Waals surface area contributed by atoms with Crippen LogP contribution in [0.2, 0.25) is 0 Å². The molecule has 4 heteroatoms. The number of nitrogen functional groups attached to an aromatic ring is 1. The fourth-order valence-electron chi connectivity index (χ4n) is 1.51. The van der Waals surface area contributed by atoms with Crippen molar-refractivity contribution in [3.8, 4) is 0 Å². The van der Waals surface area contributed by atoms with Gasteiger partial charge >= 0.3 is 0 Å². The third-order valence-electron chi connectivity index (χ3n) is 2.39. The third-order valence-corrected chi connectivity index (χ3v) is 2.39. The molecule has 3 nitrogen and oxygen atoms in total. The number of halogens is 1. The van der Waals surface area contributed by atoms with Crippen molar-refractivity contribution in [3.63, 3.8) is 0 Å². The molecular weight excluding hydrogens is 210 g/mol. The zero-order valence-corrected chi connectivity index (χ0v) is 9.96. The molecule has 4 N–H and O–H groups in total. The minimum Gasteiger partial charge on any atom is -0.383 e. The molecule has 0 saturated carbocycles. The molecule has 0 aliphatic carbocycles. The lowest BCUT2D eigenvalue weighted by Crippen LogP contribution is -2.13. The van der Waals surface area contributed by atoms with E-state index in [1.807, 2.05) is 12.1 Å². The Balaban J connectivity index is 0.00000196. The van der Waals surface area contributed by atoms with E-state index in [9.17, 15) is 0 Å². The second kappa shape index (κ2) is 7.49. The van der Waals surface area contributed by atoms with E-state index in [1.165, 1.54) is 12.8 Å². The van der Waals surface area contributed by atoms with Gasteiger partial charge in [0.2, 0.25) is 0 Å². The van der Waals surface area contributed by atoms with Crippen LogP contribution in [-0.2, 0) is 0 Å². The molecule has 1 rings (SSSR count). The number of unbranched alkanes of at least 4 members (excludes halogenated alkanes) is 2. The van der Waals surface area contributed by atoms with Crippen molar-refractivity contribution >= 4 is 18.2 Å². The predicted molar refractivity (Wildman–Crippen MR) is 67.0 cm³/mol. The molecule has 1 atom stereocenters. The molecule has 0 bridgehead atoms. The number of nitrogens with zero attached hydrogens (tertiary/aromatic N) is 1. The minimum atomic E-state index is 0. The lowest BCUT2D eigenvalue weighted by atomic mass is 10.0. The van der Waals surface area contributed by atoms with Crippen LogP contribution in [0.4, 0.5) is 5.82 Å². The fourth-order valence-corrected chi connectivity index (χ4v) is 1.51. The summed E-state index contributed by atoms with van der Waals surface area (Å²) in [6.07, 6.45) is 6.29. The normalized spacial score (nSPS) is 11.9. The van der Waals surface area contributed by atoms with Crippen LogP contribution in [-0.4, -0.2) is 4.98 Å². The molecule has 0 aromatic carbocycles. The van der Waals surface area contributed by atoms with E-state index >= 15 is 0 Å². The number of hydrogen-bond donors (Lipinski definition) is 2. The van der Waals surface area contributed by atoms with Gasteiger partial charge in [0.15, 0.2) is 0 Å². The highest BCUT2D eigenvalue weighted by molar-refractivity contribution is 5.85. The molecule has 86 valence electrons. The van der Waals surface area contributed by atoms with E-state index in [-0.39, 0.29) is 18.4 Å². The monoisotopic (exact) mass is 229 g/mol. The second-order valence-electron chi connectivity index (χ2n) is 3.58. The van der Waals surface area contributed by atoms with Gasteiger partial charge in [-0.05, 0) is 12.5 Å². The van der Waals surface area contributed by atoms with Gasteiger partial charge in [-0.1, -0.05) is 32.3 Å². The molecule has 1 aromatic rings. The largest absolute Gasteiger partial charge is 0.383 e. The summed E-state index contributed by atoms with van der Waals surface area (Å²) in [6, 6.07) is 3.87. The molecule has 1 aromatic heterocycles. The number of hydrogen-bond acceptors (Lipinski definition) is 3. The van der Waals surface area contributed by atoms with Crippen LogP contribution in [0, 0.1) is 0 Å². The zero-order chi connectivity index (χ0) is 10.4. The molecule has 0 aliphatic heterocycles. The first-order chi connectivity index (χ1) is 6.75. The van der Waals surface area contributed by atoms with Crippen molar-refractivity contribution in [1.82, 2.24) is 4.98 Å². The third kappa shape index (κ3) is 4.49. The summed E-state index contributed by atoms with van der Waals surface area (Å²) in [7, 11) is 0. The summed E-state index contributed by atoms with van der Waals surface area (Å²) in [6.45, 7) is 2.18. The summed E-state index contributed by atoms with van der Waals surface area (Å²) >= 11 is 0. The zero-order valence-electron chi connectivity index (χ0n) is 9.15. The number of pyridine rings is 1. The maximum absolute atomic E-state index is 6.02. The van der Waals surface area contributed by atoms with Crippen LogP contribution in [0.5, 0.6) is 0 Å². The Kier molecular flexibility index (Phi) is 7.09. The van der Waals surface area contributed by atoms with E-state index in [4.69, 9.17) is 11.5 Å². The molecule has 0 aliphatic rings. The summed E-state index contributed by atoms with van der Waals surface area (Å²) < 4.78 is 0. The molecule has 0 unspecified atom stereocenters.